The second kappa shape index (κ2) is 8.11. The Kier molecular flexibility index (Phi) is 5.91. The highest BCUT2D eigenvalue weighted by atomic mass is 16.5. The molecule has 0 saturated heterocycles. The fourth-order valence-corrected chi connectivity index (χ4v) is 1.94. The molecule has 3 N–H and O–H groups in total. The van der Waals surface area contributed by atoms with Crippen molar-refractivity contribution in [2.45, 2.75) is 19.9 Å². The fourth-order valence-electron chi connectivity index (χ4n) is 1.94. The summed E-state index contributed by atoms with van der Waals surface area (Å²) in [4.78, 5) is 23.4. The molecule has 8 heteroatoms. The first-order valence-corrected chi connectivity index (χ1v) is 7.55. The third-order valence-corrected chi connectivity index (χ3v) is 3.09. The van der Waals surface area contributed by atoms with Gasteiger partial charge in [0, 0.05) is 11.9 Å². The monoisotopic (exact) mass is 332 g/mol. The van der Waals surface area contributed by atoms with Gasteiger partial charge in [0.2, 0.25) is 0 Å². The minimum absolute atomic E-state index is 0.141. The molecule has 8 nitrogen and oxygen atoms in total. The Morgan fingerprint density at radius 3 is 2.88 bits per heavy atom. The second-order valence-corrected chi connectivity index (χ2v) is 5.10. The van der Waals surface area contributed by atoms with E-state index in [1.54, 1.807) is 50.4 Å². The number of rotatable bonds is 6. The lowest BCUT2D eigenvalue weighted by Crippen LogP contribution is -2.38. The highest BCUT2D eigenvalue weighted by Crippen LogP contribution is 2.15. The smallest absolute Gasteiger partial charge is 0.358 e. The van der Waals surface area contributed by atoms with Crippen molar-refractivity contribution in [1.29, 1.82) is 0 Å². The minimum Gasteiger partial charge on any atom is -0.461 e. The lowest BCUT2D eigenvalue weighted by Gasteiger charge is -2.12. The number of esters is 1. The zero-order valence-corrected chi connectivity index (χ0v) is 13.5. The highest BCUT2D eigenvalue weighted by molar-refractivity contribution is 5.89. The molecule has 0 aliphatic rings. The van der Waals surface area contributed by atoms with Crippen LogP contribution in [0.4, 0.5) is 10.5 Å². The van der Waals surface area contributed by atoms with Crippen molar-refractivity contribution >= 4 is 17.7 Å². The molecule has 2 aromatic rings. The van der Waals surface area contributed by atoms with Crippen LogP contribution in [0.15, 0.2) is 36.5 Å². The summed E-state index contributed by atoms with van der Waals surface area (Å²) in [5.41, 5.74) is 1.45. The van der Waals surface area contributed by atoms with Gasteiger partial charge in [-0.05, 0) is 38.1 Å². The molecule has 2 amide bonds. The molecule has 0 aliphatic heterocycles. The summed E-state index contributed by atoms with van der Waals surface area (Å²) in [6, 6.07) is 7.79. The SMILES string of the molecule is CCOC(=O)c1ccn(-c2cccc(NC(=O)N[C@H](C)CO)c2)n1. The van der Waals surface area contributed by atoms with Crippen LogP contribution < -0.4 is 10.6 Å². The van der Waals surface area contributed by atoms with E-state index in [-0.39, 0.29) is 24.9 Å². The molecule has 0 fully saturated rings. The van der Waals surface area contributed by atoms with Crippen molar-refractivity contribution in [1.82, 2.24) is 15.1 Å². The Morgan fingerprint density at radius 1 is 1.38 bits per heavy atom. The van der Waals surface area contributed by atoms with Gasteiger partial charge in [-0.1, -0.05) is 6.07 Å². The number of urea groups is 1. The van der Waals surface area contributed by atoms with Crippen LogP contribution in [0.2, 0.25) is 0 Å². The van der Waals surface area contributed by atoms with E-state index in [9.17, 15) is 9.59 Å². The number of aliphatic hydroxyl groups is 1. The first-order chi connectivity index (χ1) is 11.5. The number of carbonyl (C=O) groups is 2. The zero-order chi connectivity index (χ0) is 17.5. The van der Waals surface area contributed by atoms with Crippen molar-refractivity contribution < 1.29 is 19.4 Å². The van der Waals surface area contributed by atoms with E-state index in [1.807, 2.05) is 0 Å². The minimum atomic E-state index is -0.483. The van der Waals surface area contributed by atoms with Crippen LogP contribution in [0, 0.1) is 0 Å². The number of aromatic nitrogens is 2. The van der Waals surface area contributed by atoms with Gasteiger partial charge in [0.05, 0.1) is 24.9 Å². The molecule has 0 saturated carbocycles. The third kappa shape index (κ3) is 4.56. The summed E-state index contributed by atoms with van der Waals surface area (Å²) < 4.78 is 6.42. The number of hydrogen-bond donors (Lipinski definition) is 3. The van der Waals surface area contributed by atoms with E-state index >= 15 is 0 Å². The van der Waals surface area contributed by atoms with E-state index < -0.39 is 12.0 Å². The van der Waals surface area contributed by atoms with Gasteiger partial charge in [0.1, 0.15) is 0 Å². The molecule has 0 unspecified atom stereocenters. The molecule has 0 radical (unpaired) electrons. The maximum absolute atomic E-state index is 11.8. The van der Waals surface area contributed by atoms with Crippen LogP contribution in [0.25, 0.3) is 5.69 Å². The van der Waals surface area contributed by atoms with Gasteiger partial charge >= 0.3 is 12.0 Å². The summed E-state index contributed by atoms with van der Waals surface area (Å²) in [7, 11) is 0. The molecular formula is C16H20N4O4. The molecule has 1 heterocycles. The fraction of sp³-hybridized carbons (Fsp3) is 0.312. The Morgan fingerprint density at radius 2 is 2.17 bits per heavy atom. The zero-order valence-electron chi connectivity index (χ0n) is 13.5. The van der Waals surface area contributed by atoms with Crippen LogP contribution in [-0.4, -0.2) is 46.1 Å². The highest BCUT2D eigenvalue weighted by Gasteiger charge is 2.11. The molecule has 0 spiro atoms. The van der Waals surface area contributed by atoms with Crippen molar-refractivity contribution in [2.75, 3.05) is 18.5 Å². The number of nitrogens with one attached hydrogen (secondary N) is 2. The first-order valence-electron chi connectivity index (χ1n) is 7.55. The van der Waals surface area contributed by atoms with Crippen LogP contribution in [0.5, 0.6) is 0 Å². The molecule has 1 atom stereocenters. The average molecular weight is 332 g/mol. The Labute approximate surface area is 139 Å². The van der Waals surface area contributed by atoms with Gasteiger partial charge in [-0.3, -0.25) is 0 Å². The topological polar surface area (TPSA) is 105 Å². The molecule has 0 bridgehead atoms. The first kappa shape index (κ1) is 17.5. The molecular weight excluding hydrogens is 312 g/mol. The molecule has 0 aliphatic carbocycles. The second-order valence-electron chi connectivity index (χ2n) is 5.10. The van der Waals surface area contributed by atoms with Crippen molar-refractivity contribution in [3.05, 3.63) is 42.2 Å². The third-order valence-electron chi connectivity index (χ3n) is 3.09. The molecule has 1 aromatic heterocycles. The number of amides is 2. The van der Waals surface area contributed by atoms with Gasteiger partial charge in [-0.25, -0.2) is 14.3 Å². The van der Waals surface area contributed by atoms with Crippen LogP contribution in [0.3, 0.4) is 0 Å². The summed E-state index contributed by atoms with van der Waals surface area (Å²) in [6.07, 6.45) is 1.64. The molecule has 1 aromatic carbocycles. The maximum Gasteiger partial charge on any atom is 0.358 e. The number of hydrogen-bond acceptors (Lipinski definition) is 5. The molecule has 24 heavy (non-hydrogen) atoms. The van der Waals surface area contributed by atoms with Crippen molar-refractivity contribution in [3.8, 4) is 5.69 Å². The number of carbonyl (C=O) groups excluding carboxylic acids is 2. The number of benzene rings is 1. The van der Waals surface area contributed by atoms with Gasteiger partial charge in [-0.2, -0.15) is 5.10 Å². The summed E-state index contributed by atoms with van der Waals surface area (Å²) in [5, 5.41) is 18.4. The number of anilines is 1. The largest absolute Gasteiger partial charge is 0.461 e. The summed E-state index contributed by atoms with van der Waals surface area (Å²) >= 11 is 0. The Bertz CT molecular complexity index is 714. The summed E-state index contributed by atoms with van der Waals surface area (Å²) in [6.45, 7) is 3.56. The van der Waals surface area contributed by atoms with Crippen LogP contribution >= 0.6 is 0 Å². The van der Waals surface area contributed by atoms with Gasteiger partial charge in [-0.15, -0.1) is 0 Å². The van der Waals surface area contributed by atoms with Gasteiger partial charge < -0.3 is 20.5 Å². The predicted octanol–water partition coefficient (Wildman–Crippen LogP) is 1.55. The van der Waals surface area contributed by atoms with E-state index in [2.05, 4.69) is 15.7 Å². The normalized spacial score (nSPS) is 11.6. The number of nitrogens with zero attached hydrogens (tertiary/aromatic N) is 2. The summed E-state index contributed by atoms with van der Waals surface area (Å²) in [5.74, 6) is -0.483. The quantitative estimate of drug-likeness (QED) is 0.696. The Balaban J connectivity index is 2.10. The van der Waals surface area contributed by atoms with Gasteiger partial charge in [0.15, 0.2) is 5.69 Å². The standard InChI is InChI=1S/C16H20N4O4/c1-3-24-15(22)14-7-8-20(19-14)13-6-4-5-12(9-13)18-16(23)17-11(2)10-21/h4-9,11,21H,3,10H2,1-2H3,(H2,17,18,23)/t11-/m1/s1. The molecule has 128 valence electrons. The molecule has 2 rings (SSSR count). The number of ether oxygens (including phenoxy) is 1. The lowest BCUT2D eigenvalue weighted by molar-refractivity contribution is 0.0519. The lowest BCUT2D eigenvalue weighted by atomic mass is 10.3. The Hall–Kier alpha value is -2.87. The van der Waals surface area contributed by atoms with Crippen LogP contribution in [-0.2, 0) is 4.74 Å². The van der Waals surface area contributed by atoms with E-state index in [4.69, 9.17) is 9.84 Å². The van der Waals surface area contributed by atoms with E-state index in [0.29, 0.717) is 11.4 Å². The van der Waals surface area contributed by atoms with E-state index in [0.717, 1.165) is 0 Å². The van der Waals surface area contributed by atoms with Gasteiger partial charge in [0.25, 0.3) is 0 Å². The maximum atomic E-state index is 11.8. The predicted molar refractivity (Wildman–Crippen MR) is 88.2 cm³/mol. The number of aliphatic hydroxyl groups excluding tert-OH is 1. The van der Waals surface area contributed by atoms with Crippen molar-refractivity contribution in [2.24, 2.45) is 0 Å². The van der Waals surface area contributed by atoms with E-state index in [1.165, 1.54) is 4.68 Å². The average Bonchev–Trinajstić information content (AvgIpc) is 3.05. The van der Waals surface area contributed by atoms with Crippen molar-refractivity contribution in [3.63, 3.8) is 0 Å². The van der Waals surface area contributed by atoms with Crippen LogP contribution in [0.1, 0.15) is 24.3 Å².